The number of nitrogens with zero attached hydrogens (tertiary/aromatic N) is 2. The number of oxazole rings is 1. The van der Waals surface area contributed by atoms with Crippen molar-refractivity contribution in [2.75, 3.05) is 13.1 Å². The third-order valence-electron chi connectivity index (χ3n) is 6.27. The second-order valence-electron chi connectivity index (χ2n) is 8.62. The molecule has 1 aromatic heterocycles. The Bertz CT molecular complexity index is 1120. The van der Waals surface area contributed by atoms with Crippen LogP contribution in [-0.2, 0) is 17.1 Å². The predicted molar refractivity (Wildman–Crippen MR) is 132 cm³/mol. The first-order valence-corrected chi connectivity index (χ1v) is 12.6. The molecule has 3 heterocycles. The van der Waals surface area contributed by atoms with Crippen LogP contribution in [0.2, 0.25) is 5.02 Å². The van der Waals surface area contributed by atoms with Crippen LogP contribution in [-0.4, -0.2) is 40.4 Å². The van der Waals surface area contributed by atoms with E-state index >= 15 is 0 Å². The molecule has 2 N–H and O–H groups in total. The summed E-state index contributed by atoms with van der Waals surface area (Å²) >= 11 is 7.73. The summed E-state index contributed by atoms with van der Waals surface area (Å²) in [5, 5.41) is 7.43. The van der Waals surface area contributed by atoms with Crippen molar-refractivity contribution >= 4 is 29.3 Å². The van der Waals surface area contributed by atoms with Crippen LogP contribution in [0.25, 0.3) is 11.5 Å². The zero-order valence-corrected chi connectivity index (χ0v) is 20.0. The van der Waals surface area contributed by atoms with Gasteiger partial charge >= 0.3 is 0 Å². The van der Waals surface area contributed by atoms with Gasteiger partial charge in [-0.1, -0.05) is 48.0 Å². The lowest BCUT2D eigenvalue weighted by Gasteiger charge is -2.43. The molecule has 3 unspecified atom stereocenters. The number of fused-ring (bicyclic) bond motifs is 1. The highest BCUT2D eigenvalue weighted by molar-refractivity contribution is 7.99. The fraction of sp³-hybridized carbons (Fsp3) is 0.360. The number of aryl methyl sites for hydroxylation is 1. The summed E-state index contributed by atoms with van der Waals surface area (Å²) < 4.78 is 5.87. The molecular formula is C25H27ClN4O2S. The molecule has 8 heteroatoms. The van der Waals surface area contributed by atoms with Gasteiger partial charge < -0.3 is 9.73 Å². The normalized spacial score (nSPS) is 23.2. The quantitative estimate of drug-likeness (QED) is 0.541. The van der Waals surface area contributed by atoms with Gasteiger partial charge in [0.05, 0.1) is 11.6 Å². The second kappa shape index (κ2) is 9.89. The van der Waals surface area contributed by atoms with Crippen molar-refractivity contribution in [1.82, 2.24) is 20.5 Å². The fourth-order valence-electron chi connectivity index (χ4n) is 4.50. The van der Waals surface area contributed by atoms with Gasteiger partial charge in [-0.3, -0.25) is 15.0 Å². The second-order valence-corrected chi connectivity index (χ2v) is 10.2. The topological polar surface area (TPSA) is 70.4 Å². The summed E-state index contributed by atoms with van der Waals surface area (Å²) in [4.78, 5) is 19.9. The number of rotatable bonds is 6. The van der Waals surface area contributed by atoms with Crippen LogP contribution < -0.4 is 10.6 Å². The lowest BCUT2D eigenvalue weighted by atomic mass is 9.89. The minimum Gasteiger partial charge on any atom is -0.441 e. The number of amides is 1. The van der Waals surface area contributed by atoms with E-state index in [4.69, 9.17) is 16.0 Å². The van der Waals surface area contributed by atoms with Crippen LogP contribution >= 0.6 is 23.4 Å². The predicted octanol–water partition coefficient (Wildman–Crippen LogP) is 4.43. The number of hydrogen-bond acceptors (Lipinski definition) is 6. The van der Waals surface area contributed by atoms with E-state index in [9.17, 15) is 4.79 Å². The molecular weight excluding hydrogens is 456 g/mol. The Hall–Kier alpha value is -2.32. The zero-order chi connectivity index (χ0) is 22.8. The molecule has 172 valence electrons. The SMILES string of the molecule is Cc1oc(-c2cccc(Cl)c2)nc1CSC1NC(=O)C2CN(Cc3ccccc3)CCC2N1. The Morgan fingerprint density at radius 2 is 2.06 bits per heavy atom. The number of aromatic nitrogens is 1. The summed E-state index contributed by atoms with van der Waals surface area (Å²) in [7, 11) is 0. The van der Waals surface area contributed by atoms with Crippen molar-refractivity contribution in [3.05, 3.63) is 76.6 Å². The van der Waals surface area contributed by atoms with Crippen LogP contribution in [0.1, 0.15) is 23.4 Å². The van der Waals surface area contributed by atoms with Crippen molar-refractivity contribution in [3.8, 4) is 11.5 Å². The van der Waals surface area contributed by atoms with E-state index in [1.165, 1.54) is 5.56 Å². The lowest BCUT2D eigenvalue weighted by Crippen LogP contribution is -2.64. The molecule has 0 spiro atoms. The van der Waals surface area contributed by atoms with Crippen molar-refractivity contribution in [2.24, 2.45) is 5.92 Å². The monoisotopic (exact) mass is 482 g/mol. The highest BCUT2D eigenvalue weighted by atomic mass is 35.5. The number of benzene rings is 2. The summed E-state index contributed by atoms with van der Waals surface area (Å²) in [6.07, 6.45) is 0.962. The molecule has 6 nitrogen and oxygen atoms in total. The Balaban J connectivity index is 1.17. The third kappa shape index (κ3) is 5.27. The van der Waals surface area contributed by atoms with Crippen molar-refractivity contribution in [1.29, 1.82) is 0 Å². The Labute approximate surface area is 203 Å². The lowest BCUT2D eigenvalue weighted by molar-refractivity contribution is -0.130. The van der Waals surface area contributed by atoms with Gasteiger partial charge in [-0.25, -0.2) is 4.98 Å². The van der Waals surface area contributed by atoms with E-state index in [1.807, 2.05) is 37.3 Å². The van der Waals surface area contributed by atoms with Gasteiger partial charge in [-0.2, -0.15) is 0 Å². The van der Waals surface area contributed by atoms with Crippen LogP contribution in [0.4, 0.5) is 0 Å². The van der Waals surface area contributed by atoms with E-state index < -0.39 is 0 Å². The first-order chi connectivity index (χ1) is 16.0. The van der Waals surface area contributed by atoms with Crippen LogP contribution in [0.3, 0.4) is 0 Å². The molecule has 2 aliphatic rings. The van der Waals surface area contributed by atoms with Crippen molar-refractivity contribution in [2.45, 2.75) is 37.2 Å². The maximum absolute atomic E-state index is 12.9. The third-order valence-corrected chi connectivity index (χ3v) is 7.53. The molecule has 2 saturated heterocycles. The molecule has 33 heavy (non-hydrogen) atoms. The number of halogens is 1. The Kier molecular flexibility index (Phi) is 6.74. The average Bonchev–Trinajstić information content (AvgIpc) is 3.19. The van der Waals surface area contributed by atoms with Gasteiger partial charge in [0.2, 0.25) is 11.8 Å². The smallest absolute Gasteiger partial charge is 0.227 e. The molecule has 0 aliphatic carbocycles. The van der Waals surface area contributed by atoms with E-state index in [0.717, 1.165) is 43.1 Å². The van der Waals surface area contributed by atoms with Gasteiger partial charge in [0.15, 0.2) is 0 Å². The van der Waals surface area contributed by atoms with Crippen LogP contribution in [0, 0.1) is 12.8 Å². The highest BCUT2D eigenvalue weighted by Crippen LogP contribution is 2.29. The number of likely N-dealkylation sites (tertiary alicyclic amines) is 1. The maximum atomic E-state index is 12.9. The number of carbonyl (C=O) groups excluding carboxylic acids is 1. The molecule has 0 saturated carbocycles. The zero-order valence-electron chi connectivity index (χ0n) is 18.5. The van der Waals surface area contributed by atoms with Gasteiger partial charge in [0.25, 0.3) is 0 Å². The summed E-state index contributed by atoms with van der Waals surface area (Å²) in [5.41, 5.74) is 2.89. The first kappa shape index (κ1) is 22.5. The number of nitrogens with one attached hydrogen (secondary N) is 2. The van der Waals surface area contributed by atoms with Crippen molar-refractivity contribution in [3.63, 3.8) is 0 Å². The van der Waals surface area contributed by atoms with Crippen LogP contribution in [0.5, 0.6) is 0 Å². The summed E-state index contributed by atoms with van der Waals surface area (Å²) in [6, 6.07) is 18.1. The number of carbonyl (C=O) groups is 1. The molecule has 2 aromatic carbocycles. The standard InChI is InChI=1S/C25H27ClN4O2S/c1-16-22(27-24(32-16)18-8-5-9-19(26)12-18)15-33-25-28-21-10-11-30(14-20(21)23(31)29-25)13-17-6-3-2-4-7-17/h2-9,12,20-21,25,28H,10-11,13-15H2,1H3,(H,29,31). The Morgan fingerprint density at radius 1 is 1.21 bits per heavy atom. The van der Waals surface area contributed by atoms with Gasteiger partial charge in [-0.05, 0) is 37.1 Å². The van der Waals surface area contributed by atoms with Crippen LogP contribution in [0.15, 0.2) is 59.0 Å². The number of piperidine rings is 1. The Morgan fingerprint density at radius 3 is 2.88 bits per heavy atom. The van der Waals surface area contributed by atoms with E-state index in [0.29, 0.717) is 16.7 Å². The average molecular weight is 483 g/mol. The maximum Gasteiger partial charge on any atom is 0.227 e. The molecule has 0 radical (unpaired) electrons. The molecule has 5 rings (SSSR count). The van der Waals surface area contributed by atoms with Gasteiger partial charge in [-0.15, -0.1) is 11.8 Å². The number of thioether (sulfide) groups is 1. The van der Waals surface area contributed by atoms with Crippen molar-refractivity contribution < 1.29 is 9.21 Å². The van der Waals surface area contributed by atoms with E-state index in [1.54, 1.807) is 11.8 Å². The highest BCUT2D eigenvalue weighted by Gasteiger charge is 2.39. The molecule has 2 fully saturated rings. The molecule has 3 aromatic rings. The van der Waals surface area contributed by atoms with Gasteiger partial charge in [0, 0.05) is 42.0 Å². The summed E-state index contributed by atoms with van der Waals surface area (Å²) in [5.74, 6) is 2.10. The molecule has 1 amide bonds. The largest absolute Gasteiger partial charge is 0.441 e. The van der Waals surface area contributed by atoms with Gasteiger partial charge in [0.1, 0.15) is 11.3 Å². The molecule has 3 atom stereocenters. The minimum atomic E-state index is -0.134. The minimum absolute atomic E-state index is 0.0254. The van der Waals surface area contributed by atoms with E-state index in [-0.39, 0.29) is 23.4 Å². The fourth-order valence-corrected chi connectivity index (χ4v) is 5.75. The summed E-state index contributed by atoms with van der Waals surface area (Å²) in [6.45, 7) is 4.57. The first-order valence-electron chi connectivity index (χ1n) is 11.2. The number of hydrogen-bond donors (Lipinski definition) is 2. The molecule has 0 bridgehead atoms. The van der Waals surface area contributed by atoms with E-state index in [2.05, 4.69) is 44.8 Å². The molecule has 2 aliphatic heterocycles.